The number of carbonyl (C=O) groups is 2. The second-order valence-electron chi connectivity index (χ2n) is 7.78. The van der Waals surface area contributed by atoms with Crippen LogP contribution >= 0.6 is 0 Å². The molecule has 0 fully saturated rings. The minimum atomic E-state index is -0.402. The van der Waals surface area contributed by atoms with E-state index in [0.29, 0.717) is 17.0 Å². The van der Waals surface area contributed by atoms with Crippen LogP contribution in [0.5, 0.6) is 5.75 Å². The van der Waals surface area contributed by atoms with Gasteiger partial charge in [-0.1, -0.05) is 48.5 Å². The Hall–Kier alpha value is -4.85. The Labute approximate surface area is 202 Å². The molecule has 0 saturated heterocycles. The van der Waals surface area contributed by atoms with Crippen molar-refractivity contribution in [2.24, 2.45) is 5.73 Å². The molecule has 0 saturated carbocycles. The van der Waals surface area contributed by atoms with Gasteiger partial charge in [-0.25, -0.2) is 0 Å². The number of ether oxygens (including phenoxy) is 1. The van der Waals surface area contributed by atoms with Crippen LogP contribution in [0.25, 0.3) is 22.5 Å². The first-order valence-corrected chi connectivity index (χ1v) is 10.9. The van der Waals surface area contributed by atoms with Gasteiger partial charge in [0.2, 0.25) is 5.91 Å². The van der Waals surface area contributed by atoms with Crippen molar-refractivity contribution in [3.8, 4) is 28.3 Å². The van der Waals surface area contributed by atoms with Crippen molar-refractivity contribution in [3.05, 3.63) is 96.6 Å². The largest absolute Gasteiger partial charge is 0.497 e. The Kier molecular flexibility index (Phi) is 6.92. The van der Waals surface area contributed by atoms with E-state index in [-0.39, 0.29) is 12.5 Å². The maximum atomic E-state index is 12.6. The minimum Gasteiger partial charge on any atom is -0.497 e. The summed E-state index contributed by atoms with van der Waals surface area (Å²) in [5.41, 5.74) is 9.95. The third-order valence-electron chi connectivity index (χ3n) is 5.40. The second kappa shape index (κ2) is 10.4. The number of hydrogen-bond donors (Lipinski definition) is 4. The van der Waals surface area contributed by atoms with Crippen molar-refractivity contribution < 1.29 is 14.3 Å². The lowest BCUT2D eigenvalue weighted by Gasteiger charge is -2.14. The van der Waals surface area contributed by atoms with Gasteiger partial charge in [0.05, 0.1) is 7.11 Å². The average molecular weight is 468 g/mol. The average Bonchev–Trinajstić information content (AvgIpc) is 3.27. The fourth-order valence-electron chi connectivity index (χ4n) is 3.78. The molecular weight excluding hydrogens is 442 g/mol. The first kappa shape index (κ1) is 23.3. The van der Waals surface area contributed by atoms with E-state index in [1.807, 2.05) is 71.3 Å². The predicted octanol–water partition coefficient (Wildman–Crippen LogP) is 4.09. The van der Waals surface area contributed by atoms with Crippen molar-refractivity contribution >= 4 is 23.5 Å². The van der Waals surface area contributed by atoms with Gasteiger partial charge in [-0.15, -0.1) is 0 Å². The van der Waals surface area contributed by atoms with Crippen molar-refractivity contribution in [1.29, 1.82) is 5.41 Å². The van der Waals surface area contributed by atoms with Crippen LogP contribution in [-0.2, 0) is 11.3 Å². The normalized spacial score (nSPS) is 10.4. The monoisotopic (exact) mass is 467 g/mol. The van der Waals surface area contributed by atoms with Gasteiger partial charge < -0.3 is 20.4 Å². The number of nitrogens with one attached hydrogen (secondary N) is 3. The first-order chi connectivity index (χ1) is 16.9. The molecule has 5 N–H and O–H groups in total. The third-order valence-corrected chi connectivity index (χ3v) is 5.40. The number of carbonyl (C=O) groups excluding carboxylic acids is 2. The van der Waals surface area contributed by atoms with E-state index in [9.17, 15) is 9.59 Å². The van der Waals surface area contributed by atoms with Gasteiger partial charge in [-0.05, 0) is 53.6 Å². The summed E-state index contributed by atoms with van der Waals surface area (Å²) in [6, 6.07) is 27.9. The minimum absolute atomic E-state index is 0.0134. The second-order valence-corrected chi connectivity index (χ2v) is 7.78. The van der Waals surface area contributed by atoms with E-state index < -0.39 is 11.9 Å². The molecule has 35 heavy (non-hydrogen) atoms. The van der Waals surface area contributed by atoms with E-state index >= 15 is 0 Å². The molecule has 4 rings (SSSR count). The Bertz CT molecular complexity index is 1360. The number of benzene rings is 3. The standard InChI is InChI=1S/C27H25N5O3/c1-35-22-9-5-8-20(16-22)26(34)30-21-12-10-19(11-13-21)24-15-14-23(18-6-3-2-4-7-18)32(24)17-25(33)31-27(28)29/h2-16H,17H2,1H3,(H,30,34)(H4,28,29,31,33). The number of aromatic nitrogens is 1. The molecule has 0 unspecified atom stereocenters. The third kappa shape index (κ3) is 5.56. The molecule has 0 aliphatic rings. The highest BCUT2D eigenvalue weighted by atomic mass is 16.5. The summed E-state index contributed by atoms with van der Waals surface area (Å²) < 4.78 is 7.06. The SMILES string of the molecule is COc1cccc(C(=O)Nc2ccc(-c3ccc(-c4ccccc4)n3CC(=O)NC(=N)N)cc2)c1. The van der Waals surface area contributed by atoms with E-state index in [2.05, 4.69) is 10.6 Å². The lowest BCUT2D eigenvalue weighted by Crippen LogP contribution is -2.37. The molecule has 176 valence electrons. The number of anilines is 1. The quantitative estimate of drug-likeness (QED) is 0.241. The van der Waals surface area contributed by atoms with Crippen LogP contribution in [0.15, 0.2) is 91.0 Å². The number of nitrogens with two attached hydrogens (primary N) is 1. The van der Waals surface area contributed by atoms with Crippen LogP contribution in [0, 0.1) is 5.41 Å². The van der Waals surface area contributed by atoms with Crippen LogP contribution < -0.4 is 21.1 Å². The van der Waals surface area contributed by atoms with E-state index in [0.717, 1.165) is 22.5 Å². The zero-order chi connectivity index (χ0) is 24.8. The van der Waals surface area contributed by atoms with Crippen LogP contribution in [-0.4, -0.2) is 29.5 Å². The topological polar surface area (TPSA) is 122 Å². The van der Waals surface area contributed by atoms with Crippen molar-refractivity contribution in [3.63, 3.8) is 0 Å². The zero-order valence-electron chi connectivity index (χ0n) is 19.1. The first-order valence-electron chi connectivity index (χ1n) is 10.9. The summed E-state index contributed by atoms with van der Waals surface area (Å²) in [4.78, 5) is 25.1. The van der Waals surface area contributed by atoms with E-state index in [1.54, 1.807) is 31.4 Å². The summed E-state index contributed by atoms with van der Waals surface area (Å²) >= 11 is 0. The van der Waals surface area contributed by atoms with Crippen molar-refractivity contribution in [1.82, 2.24) is 9.88 Å². The van der Waals surface area contributed by atoms with Crippen LogP contribution in [0.2, 0.25) is 0 Å². The van der Waals surface area contributed by atoms with Crippen molar-refractivity contribution in [2.75, 3.05) is 12.4 Å². The van der Waals surface area contributed by atoms with Gasteiger partial charge in [0.1, 0.15) is 12.3 Å². The number of hydrogen-bond acceptors (Lipinski definition) is 4. The Balaban J connectivity index is 1.60. The van der Waals surface area contributed by atoms with Gasteiger partial charge in [0.15, 0.2) is 5.96 Å². The summed E-state index contributed by atoms with van der Waals surface area (Å²) in [7, 11) is 1.55. The molecule has 0 bridgehead atoms. The van der Waals surface area contributed by atoms with Crippen LogP contribution in [0.1, 0.15) is 10.4 Å². The zero-order valence-corrected chi connectivity index (χ0v) is 19.1. The van der Waals surface area contributed by atoms with Crippen LogP contribution in [0.4, 0.5) is 5.69 Å². The summed E-state index contributed by atoms with van der Waals surface area (Å²) in [5, 5.41) is 12.6. The molecule has 0 radical (unpaired) electrons. The molecule has 1 heterocycles. The van der Waals surface area contributed by atoms with Gasteiger partial charge in [-0.3, -0.25) is 20.3 Å². The Morgan fingerprint density at radius 1 is 0.886 bits per heavy atom. The number of guanidine groups is 1. The van der Waals surface area contributed by atoms with Crippen molar-refractivity contribution in [2.45, 2.75) is 6.54 Å². The smallest absolute Gasteiger partial charge is 0.255 e. The molecule has 3 aromatic carbocycles. The maximum absolute atomic E-state index is 12.6. The molecule has 1 aromatic heterocycles. The molecule has 0 spiro atoms. The Morgan fingerprint density at radius 2 is 1.54 bits per heavy atom. The van der Waals surface area contributed by atoms with E-state index in [1.165, 1.54) is 0 Å². The summed E-state index contributed by atoms with van der Waals surface area (Å²) in [6.07, 6.45) is 0. The predicted molar refractivity (Wildman–Crippen MR) is 136 cm³/mol. The van der Waals surface area contributed by atoms with Gasteiger partial charge in [-0.2, -0.15) is 0 Å². The molecule has 8 nitrogen and oxygen atoms in total. The molecule has 8 heteroatoms. The lowest BCUT2D eigenvalue weighted by atomic mass is 10.1. The molecular formula is C27H25N5O3. The molecule has 4 aromatic rings. The van der Waals surface area contributed by atoms with Gasteiger partial charge in [0.25, 0.3) is 5.91 Å². The molecule has 0 atom stereocenters. The molecule has 0 aliphatic heterocycles. The lowest BCUT2D eigenvalue weighted by molar-refractivity contribution is -0.120. The molecule has 2 amide bonds. The fraction of sp³-hybridized carbons (Fsp3) is 0.0741. The maximum Gasteiger partial charge on any atom is 0.255 e. The fourth-order valence-corrected chi connectivity index (χ4v) is 3.78. The summed E-state index contributed by atoms with van der Waals surface area (Å²) in [6.45, 7) is -0.0134. The van der Waals surface area contributed by atoms with Gasteiger partial charge >= 0.3 is 0 Å². The van der Waals surface area contributed by atoms with E-state index in [4.69, 9.17) is 15.9 Å². The van der Waals surface area contributed by atoms with Crippen LogP contribution in [0.3, 0.4) is 0 Å². The van der Waals surface area contributed by atoms with Gasteiger partial charge in [0, 0.05) is 22.6 Å². The highest BCUT2D eigenvalue weighted by molar-refractivity contribution is 6.04. The number of nitrogens with zero attached hydrogens (tertiary/aromatic N) is 1. The number of rotatable bonds is 7. The molecule has 0 aliphatic carbocycles. The number of methoxy groups -OCH3 is 1. The highest BCUT2D eigenvalue weighted by Crippen LogP contribution is 2.30. The Morgan fingerprint density at radius 3 is 2.17 bits per heavy atom. The number of amides is 2. The summed E-state index contributed by atoms with van der Waals surface area (Å²) in [5.74, 6) is -0.431. The highest BCUT2D eigenvalue weighted by Gasteiger charge is 2.15.